The molecule has 2 atom stereocenters. The Balaban J connectivity index is 1.07. The van der Waals surface area contributed by atoms with E-state index >= 15 is 0 Å². The summed E-state index contributed by atoms with van der Waals surface area (Å²) >= 11 is 0. The second-order valence-corrected chi connectivity index (χ2v) is 12.3. The Morgan fingerprint density at radius 3 is 2.73 bits per heavy atom. The van der Waals surface area contributed by atoms with Crippen molar-refractivity contribution in [2.24, 2.45) is 11.8 Å². The molecule has 0 spiro atoms. The molecule has 12 nitrogen and oxygen atoms in total. The number of carbonyl (C=O) groups is 2. The molecule has 3 aromatic heterocycles. The fourth-order valence-corrected chi connectivity index (χ4v) is 6.26. The van der Waals surface area contributed by atoms with Gasteiger partial charge < -0.3 is 34.1 Å². The molecule has 2 N–H and O–H groups in total. The lowest BCUT2D eigenvalue weighted by atomic mass is 9.70. The van der Waals surface area contributed by atoms with Crippen LogP contribution in [0.25, 0.3) is 11.0 Å². The normalized spacial score (nSPS) is 23.8. The van der Waals surface area contributed by atoms with Gasteiger partial charge in [0.25, 0.3) is 11.5 Å². The van der Waals surface area contributed by atoms with Gasteiger partial charge in [-0.2, -0.15) is 0 Å². The summed E-state index contributed by atoms with van der Waals surface area (Å²) in [6.45, 7) is 5.73. The summed E-state index contributed by atoms with van der Waals surface area (Å²) in [4.78, 5) is 45.6. The Labute approximate surface area is 255 Å². The third kappa shape index (κ3) is 6.14. The number of nitrogens with zero attached hydrogens (tertiary/aromatic N) is 3. The molecule has 0 aromatic carbocycles. The van der Waals surface area contributed by atoms with Crippen LogP contribution in [0.5, 0.6) is 11.5 Å². The van der Waals surface area contributed by atoms with Gasteiger partial charge in [-0.05, 0) is 50.3 Å². The molecule has 44 heavy (non-hydrogen) atoms. The van der Waals surface area contributed by atoms with Gasteiger partial charge in [0.05, 0.1) is 54.8 Å². The maximum Gasteiger partial charge on any atom is 0.308 e. The van der Waals surface area contributed by atoms with Gasteiger partial charge in [0.2, 0.25) is 0 Å². The molecule has 1 unspecified atom stereocenters. The lowest BCUT2D eigenvalue weighted by Gasteiger charge is -2.53. The summed E-state index contributed by atoms with van der Waals surface area (Å²) in [5, 5.41) is 6.44. The van der Waals surface area contributed by atoms with E-state index in [1.165, 1.54) is 7.11 Å². The van der Waals surface area contributed by atoms with Gasteiger partial charge in [0.1, 0.15) is 5.75 Å². The smallest absolute Gasteiger partial charge is 0.308 e. The zero-order chi connectivity index (χ0) is 30.9. The van der Waals surface area contributed by atoms with E-state index < -0.39 is 0 Å². The van der Waals surface area contributed by atoms with E-state index in [-0.39, 0.29) is 47.0 Å². The van der Waals surface area contributed by atoms with Crippen LogP contribution >= 0.6 is 0 Å². The highest BCUT2D eigenvalue weighted by Gasteiger charge is 2.49. The number of anilines is 1. The fourth-order valence-electron chi connectivity index (χ4n) is 6.26. The number of ether oxygens (including phenoxy) is 4. The van der Waals surface area contributed by atoms with Gasteiger partial charge in [-0.1, -0.05) is 13.8 Å². The van der Waals surface area contributed by atoms with Crippen LogP contribution in [0.4, 0.5) is 5.82 Å². The summed E-state index contributed by atoms with van der Waals surface area (Å²) in [6.07, 6.45) is 6.07. The average molecular weight is 606 g/mol. The number of hydrogen-bond acceptors (Lipinski definition) is 10. The predicted octanol–water partition coefficient (Wildman–Crippen LogP) is 3.21. The zero-order valence-electron chi connectivity index (χ0n) is 25.4. The minimum absolute atomic E-state index is 0.00837. The summed E-state index contributed by atoms with van der Waals surface area (Å²) < 4.78 is 24.5. The fraction of sp³-hybridized carbons (Fsp3) is 0.531. The highest BCUT2D eigenvalue weighted by Crippen LogP contribution is 2.46. The zero-order valence-corrected chi connectivity index (χ0v) is 25.4. The number of aryl methyl sites for hydroxylation is 1. The molecule has 12 heteroatoms. The topological polar surface area (TPSA) is 143 Å². The van der Waals surface area contributed by atoms with Crippen molar-refractivity contribution in [2.45, 2.75) is 70.2 Å². The maximum atomic E-state index is 13.0. The molecular weight excluding hydrogens is 566 g/mol. The molecular formula is C32H39N5O7. The highest BCUT2D eigenvalue weighted by molar-refractivity contribution is 5.94. The number of nitrogens with one attached hydrogen (secondary N) is 2. The van der Waals surface area contributed by atoms with Crippen LogP contribution in [0, 0.1) is 11.8 Å². The lowest BCUT2D eigenvalue weighted by molar-refractivity contribution is -0.167. The van der Waals surface area contributed by atoms with Crippen molar-refractivity contribution in [3.63, 3.8) is 0 Å². The number of aromatic nitrogens is 3. The largest absolute Gasteiger partial charge is 0.492 e. The first-order valence-electron chi connectivity index (χ1n) is 15.2. The molecule has 1 saturated carbocycles. The Hall–Kier alpha value is -4.03. The van der Waals surface area contributed by atoms with Crippen molar-refractivity contribution in [3.05, 3.63) is 52.6 Å². The number of rotatable bonds is 11. The van der Waals surface area contributed by atoms with Crippen LogP contribution in [0.3, 0.4) is 0 Å². The standard InChI is InChI=1S/C32H39N5O7/c1-20(21(2)30(40)41-3)17-42-23-14-25-24(33-16-23)5-7-28(39)37(25)13-12-32-10-8-31(9-11-32,19-44-32)34-15-22-4-6-26-29(35-22)36-27(38)18-43-26/h4-7,14,16,20-21,34H,8-13,15,17-19H2,1-3H3,(H,35,36,38)/t20-,21?,31?,32?/m0/s1. The average Bonchev–Trinajstić information content (AvgIpc) is 3.05. The van der Waals surface area contributed by atoms with Crippen LogP contribution in [0.2, 0.25) is 0 Å². The first-order valence-corrected chi connectivity index (χ1v) is 15.2. The molecule has 3 aromatic rings. The summed E-state index contributed by atoms with van der Waals surface area (Å²) in [5.41, 5.74) is 1.74. The van der Waals surface area contributed by atoms with Gasteiger partial charge in [-0.25, -0.2) is 4.98 Å². The van der Waals surface area contributed by atoms with Crippen LogP contribution in [-0.2, 0) is 32.2 Å². The second kappa shape index (κ2) is 12.2. The van der Waals surface area contributed by atoms with E-state index in [0.717, 1.165) is 31.4 Å². The van der Waals surface area contributed by atoms with E-state index in [2.05, 4.69) is 20.6 Å². The molecule has 1 aliphatic carbocycles. The van der Waals surface area contributed by atoms with Crippen molar-refractivity contribution < 1.29 is 28.5 Å². The van der Waals surface area contributed by atoms with Crippen molar-refractivity contribution in [2.75, 3.05) is 32.2 Å². The number of methoxy groups -OCH3 is 1. The molecule has 3 fully saturated rings. The summed E-state index contributed by atoms with van der Waals surface area (Å²) in [6, 6.07) is 8.88. The van der Waals surface area contributed by atoms with Crippen molar-refractivity contribution >= 4 is 28.7 Å². The maximum absolute atomic E-state index is 13.0. The molecule has 7 rings (SSSR count). The number of hydrogen-bond donors (Lipinski definition) is 2. The molecule has 234 valence electrons. The second-order valence-electron chi connectivity index (χ2n) is 12.3. The molecule has 2 bridgehead atoms. The third-order valence-corrected chi connectivity index (χ3v) is 9.49. The Morgan fingerprint density at radius 1 is 1.16 bits per heavy atom. The SMILES string of the molecule is COC(=O)C(C)[C@@H](C)COc1cnc2ccc(=O)n(CCC34CCC(NCc5ccc6c(n5)NC(=O)CO6)(CC3)CO4)c2c1. The Bertz CT molecular complexity index is 1600. The lowest BCUT2D eigenvalue weighted by Crippen LogP contribution is -2.61. The quantitative estimate of drug-likeness (QED) is 0.313. The number of amides is 1. The number of pyridine rings is 3. The minimum Gasteiger partial charge on any atom is -0.492 e. The van der Waals surface area contributed by atoms with E-state index in [1.54, 1.807) is 22.9 Å². The van der Waals surface area contributed by atoms with Crippen molar-refractivity contribution in [1.82, 2.24) is 19.9 Å². The van der Waals surface area contributed by atoms with E-state index in [4.69, 9.17) is 18.9 Å². The first kappa shape index (κ1) is 30.0. The van der Waals surface area contributed by atoms with Crippen LogP contribution in [-0.4, -0.2) is 64.5 Å². The predicted molar refractivity (Wildman–Crippen MR) is 162 cm³/mol. The monoisotopic (exact) mass is 605 g/mol. The summed E-state index contributed by atoms with van der Waals surface area (Å²) in [7, 11) is 1.38. The molecule has 3 aliphatic heterocycles. The molecule has 4 aliphatic rings. The first-order chi connectivity index (χ1) is 21.2. The van der Waals surface area contributed by atoms with Gasteiger partial charge >= 0.3 is 5.97 Å². The van der Waals surface area contributed by atoms with Gasteiger partial charge in [0.15, 0.2) is 18.2 Å². The Morgan fingerprint density at radius 2 is 1.98 bits per heavy atom. The van der Waals surface area contributed by atoms with Gasteiger partial charge in [-0.15, -0.1) is 0 Å². The minimum atomic E-state index is -0.301. The van der Waals surface area contributed by atoms with Crippen molar-refractivity contribution in [1.29, 1.82) is 0 Å². The highest BCUT2D eigenvalue weighted by atomic mass is 16.5. The molecule has 2 saturated heterocycles. The third-order valence-electron chi connectivity index (χ3n) is 9.49. The van der Waals surface area contributed by atoms with Crippen LogP contribution in [0.1, 0.15) is 51.6 Å². The van der Waals surface area contributed by atoms with E-state index in [9.17, 15) is 14.4 Å². The summed E-state index contributed by atoms with van der Waals surface area (Å²) in [5.74, 6) is 0.754. The van der Waals surface area contributed by atoms with E-state index in [1.807, 2.05) is 32.0 Å². The number of carbonyl (C=O) groups excluding carboxylic acids is 2. The van der Waals surface area contributed by atoms with Gasteiger partial charge in [0, 0.05) is 36.7 Å². The van der Waals surface area contributed by atoms with Gasteiger partial charge in [-0.3, -0.25) is 19.4 Å². The number of fused-ring (bicyclic) bond motifs is 5. The molecule has 0 radical (unpaired) electrons. The van der Waals surface area contributed by atoms with E-state index in [0.29, 0.717) is 61.1 Å². The van der Waals surface area contributed by atoms with Crippen LogP contribution < -0.4 is 25.7 Å². The Kier molecular flexibility index (Phi) is 8.30. The molecule has 1 amide bonds. The number of esters is 1. The van der Waals surface area contributed by atoms with Crippen LogP contribution in [0.15, 0.2) is 41.3 Å². The van der Waals surface area contributed by atoms with Crippen molar-refractivity contribution in [3.8, 4) is 11.5 Å². The molecule has 6 heterocycles.